The first-order valence-corrected chi connectivity index (χ1v) is 7.24. The molecule has 2 atom stereocenters. The molecule has 17 heavy (non-hydrogen) atoms. The van der Waals surface area contributed by atoms with Crippen LogP contribution >= 0.6 is 0 Å². The zero-order valence-electron chi connectivity index (χ0n) is 12.4. The zero-order valence-corrected chi connectivity index (χ0v) is 12.4. The molecule has 2 heteroatoms. The van der Waals surface area contributed by atoms with Crippen molar-refractivity contribution < 1.29 is 4.74 Å². The number of likely N-dealkylation sites (N-methyl/N-ethyl adjacent to an activating group) is 1. The van der Waals surface area contributed by atoms with E-state index in [2.05, 4.69) is 33.0 Å². The molecule has 2 nitrogen and oxygen atoms in total. The maximum absolute atomic E-state index is 5.71. The van der Waals surface area contributed by atoms with Crippen LogP contribution in [0.3, 0.4) is 0 Å². The molecule has 0 radical (unpaired) electrons. The molecule has 0 saturated heterocycles. The SMILES string of the molecule is CCNC(CCCC(C)(C)C)C(OC)C1CC1. The fourth-order valence-corrected chi connectivity index (χ4v) is 2.61. The van der Waals surface area contributed by atoms with E-state index in [1.165, 1.54) is 32.1 Å². The molecule has 2 unspecified atom stereocenters. The van der Waals surface area contributed by atoms with Crippen LogP contribution in [0.15, 0.2) is 0 Å². The molecule has 1 N–H and O–H groups in total. The van der Waals surface area contributed by atoms with Gasteiger partial charge < -0.3 is 10.1 Å². The van der Waals surface area contributed by atoms with Crippen LogP contribution in [0.25, 0.3) is 0 Å². The van der Waals surface area contributed by atoms with Crippen LogP contribution in [0.1, 0.15) is 59.8 Å². The summed E-state index contributed by atoms with van der Waals surface area (Å²) in [6.45, 7) is 10.2. The molecule has 0 aromatic heterocycles. The highest BCUT2D eigenvalue weighted by molar-refractivity contribution is 4.90. The molecule has 1 aliphatic rings. The van der Waals surface area contributed by atoms with E-state index in [4.69, 9.17) is 4.74 Å². The van der Waals surface area contributed by atoms with Gasteiger partial charge in [0.25, 0.3) is 0 Å². The molecule has 102 valence electrons. The number of nitrogens with one attached hydrogen (secondary N) is 1. The van der Waals surface area contributed by atoms with Gasteiger partial charge in [-0.1, -0.05) is 34.1 Å². The molecule has 0 aliphatic heterocycles. The largest absolute Gasteiger partial charge is 0.380 e. The predicted molar refractivity (Wildman–Crippen MR) is 74.3 cm³/mol. The van der Waals surface area contributed by atoms with Crippen LogP contribution in [0, 0.1) is 11.3 Å². The highest BCUT2D eigenvalue weighted by Gasteiger charge is 2.36. The quantitative estimate of drug-likeness (QED) is 0.701. The smallest absolute Gasteiger partial charge is 0.0752 e. The predicted octanol–water partition coefficient (Wildman–Crippen LogP) is 3.61. The van der Waals surface area contributed by atoms with Crippen molar-refractivity contribution in [3.05, 3.63) is 0 Å². The average Bonchev–Trinajstić information content (AvgIpc) is 3.01. The second-order valence-corrected chi connectivity index (χ2v) is 6.65. The summed E-state index contributed by atoms with van der Waals surface area (Å²) < 4.78 is 5.71. The molecular weight excluding hydrogens is 210 g/mol. The molecule has 1 fully saturated rings. The summed E-state index contributed by atoms with van der Waals surface area (Å²) >= 11 is 0. The summed E-state index contributed by atoms with van der Waals surface area (Å²) in [4.78, 5) is 0. The number of methoxy groups -OCH3 is 1. The third kappa shape index (κ3) is 5.87. The van der Waals surface area contributed by atoms with Gasteiger partial charge in [-0.15, -0.1) is 0 Å². The lowest BCUT2D eigenvalue weighted by atomic mass is 9.88. The van der Waals surface area contributed by atoms with E-state index in [0.29, 0.717) is 17.6 Å². The van der Waals surface area contributed by atoms with Gasteiger partial charge in [-0.3, -0.25) is 0 Å². The van der Waals surface area contributed by atoms with E-state index in [1.54, 1.807) is 0 Å². The Kier molecular flexibility index (Phi) is 5.94. The Hall–Kier alpha value is -0.0800. The van der Waals surface area contributed by atoms with E-state index in [0.717, 1.165) is 12.5 Å². The summed E-state index contributed by atoms with van der Waals surface area (Å²) in [6, 6.07) is 0.555. The van der Waals surface area contributed by atoms with Crippen molar-refractivity contribution in [2.45, 2.75) is 71.9 Å². The second-order valence-electron chi connectivity index (χ2n) is 6.65. The topological polar surface area (TPSA) is 21.3 Å². The maximum Gasteiger partial charge on any atom is 0.0752 e. The van der Waals surface area contributed by atoms with Crippen molar-refractivity contribution in [3.8, 4) is 0 Å². The third-order valence-electron chi connectivity index (χ3n) is 3.66. The van der Waals surface area contributed by atoms with Crippen molar-refractivity contribution in [2.75, 3.05) is 13.7 Å². The van der Waals surface area contributed by atoms with Crippen molar-refractivity contribution in [2.24, 2.45) is 11.3 Å². The second kappa shape index (κ2) is 6.75. The number of rotatable bonds is 8. The van der Waals surface area contributed by atoms with E-state index in [9.17, 15) is 0 Å². The van der Waals surface area contributed by atoms with Crippen LogP contribution in [0.5, 0.6) is 0 Å². The summed E-state index contributed by atoms with van der Waals surface area (Å²) in [5.74, 6) is 0.818. The van der Waals surface area contributed by atoms with Gasteiger partial charge in [-0.05, 0) is 43.6 Å². The van der Waals surface area contributed by atoms with Gasteiger partial charge in [-0.2, -0.15) is 0 Å². The molecule has 1 rings (SSSR count). The molecule has 0 bridgehead atoms. The number of hydrogen-bond donors (Lipinski definition) is 1. The van der Waals surface area contributed by atoms with Gasteiger partial charge in [0.05, 0.1) is 6.10 Å². The Labute approximate surface area is 108 Å². The van der Waals surface area contributed by atoms with Crippen molar-refractivity contribution in [1.29, 1.82) is 0 Å². The number of ether oxygens (including phenoxy) is 1. The van der Waals surface area contributed by atoms with Crippen LogP contribution in [0.4, 0.5) is 0 Å². The van der Waals surface area contributed by atoms with Gasteiger partial charge in [0, 0.05) is 13.2 Å². The Morgan fingerprint density at radius 2 is 1.94 bits per heavy atom. The normalized spacial score (nSPS) is 20.3. The Bertz CT molecular complexity index is 205. The Morgan fingerprint density at radius 3 is 2.35 bits per heavy atom. The fourth-order valence-electron chi connectivity index (χ4n) is 2.61. The van der Waals surface area contributed by atoms with E-state index >= 15 is 0 Å². The van der Waals surface area contributed by atoms with Crippen LogP contribution in [-0.4, -0.2) is 25.8 Å². The van der Waals surface area contributed by atoms with Crippen molar-refractivity contribution in [3.63, 3.8) is 0 Å². The minimum absolute atomic E-state index is 0.440. The molecule has 0 spiro atoms. The lowest BCUT2D eigenvalue weighted by Gasteiger charge is -2.28. The molecule has 0 aromatic rings. The summed E-state index contributed by atoms with van der Waals surface area (Å²) in [7, 11) is 1.87. The van der Waals surface area contributed by atoms with Gasteiger partial charge in [0.1, 0.15) is 0 Å². The van der Waals surface area contributed by atoms with Crippen LogP contribution in [-0.2, 0) is 4.74 Å². The van der Waals surface area contributed by atoms with Gasteiger partial charge in [0.2, 0.25) is 0 Å². The molecule has 0 heterocycles. The third-order valence-corrected chi connectivity index (χ3v) is 3.66. The van der Waals surface area contributed by atoms with Crippen LogP contribution < -0.4 is 5.32 Å². The standard InChI is InChI=1S/C15H31NO/c1-6-16-13(8-7-11-15(2,3)4)14(17-5)12-9-10-12/h12-14,16H,6-11H2,1-5H3. The van der Waals surface area contributed by atoms with Gasteiger partial charge >= 0.3 is 0 Å². The summed E-state index contributed by atoms with van der Waals surface area (Å²) in [6.07, 6.45) is 7.01. The van der Waals surface area contributed by atoms with Gasteiger partial charge in [-0.25, -0.2) is 0 Å². The Morgan fingerprint density at radius 1 is 1.29 bits per heavy atom. The highest BCUT2D eigenvalue weighted by Crippen LogP contribution is 2.36. The van der Waals surface area contributed by atoms with E-state index in [1.807, 2.05) is 7.11 Å². The highest BCUT2D eigenvalue weighted by atomic mass is 16.5. The molecule has 0 amide bonds. The van der Waals surface area contributed by atoms with Crippen molar-refractivity contribution in [1.82, 2.24) is 5.32 Å². The monoisotopic (exact) mass is 241 g/mol. The minimum Gasteiger partial charge on any atom is -0.380 e. The molecular formula is C15H31NO. The summed E-state index contributed by atoms with van der Waals surface area (Å²) in [5.41, 5.74) is 0.457. The number of hydrogen-bond acceptors (Lipinski definition) is 2. The van der Waals surface area contributed by atoms with Crippen LogP contribution in [0.2, 0.25) is 0 Å². The van der Waals surface area contributed by atoms with E-state index < -0.39 is 0 Å². The average molecular weight is 241 g/mol. The molecule has 1 aliphatic carbocycles. The minimum atomic E-state index is 0.440. The first-order chi connectivity index (χ1) is 7.98. The first kappa shape index (κ1) is 15.0. The molecule has 1 saturated carbocycles. The fraction of sp³-hybridized carbons (Fsp3) is 1.00. The maximum atomic E-state index is 5.71. The zero-order chi connectivity index (χ0) is 12.9. The van der Waals surface area contributed by atoms with Gasteiger partial charge in [0.15, 0.2) is 0 Å². The lowest BCUT2D eigenvalue weighted by Crippen LogP contribution is -2.42. The summed E-state index contributed by atoms with van der Waals surface area (Å²) in [5, 5.41) is 3.62. The molecule has 0 aromatic carbocycles. The van der Waals surface area contributed by atoms with Crippen molar-refractivity contribution >= 4 is 0 Å². The lowest BCUT2D eigenvalue weighted by molar-refractivity contribution is 0.0473. The Balaban J connectivity index is 2.36. The van der Waals surface area contributed by atoms with E-state index in [-0.39, 0.29) is 0 Å². The first-order valence-electron chi connectivity index (χ1n) is 7.24.